The van der Waals surface area contributed by atoms with Crippen molar-refractivity contribution < 1.29 is 4.42 Å². The van der Waals surface area contributed by atoms with E-state index in [1.807, 2.05) is 13.0 Å². The number of nitrogens with two attached hydrogens (primary N) is 1. The molecule has 0 saturated carbocycles. The van der Waals surface area contributed by atoms with E-state index in [9.17, 15) is 0 Å². The van der Waals surface area contributed by atoms with E-state index in [2.05, 4.69) is 0 Å². The van der Waals surface area contributed by atoms with Gasteiger partial charge in [-0.1, -0.05) is 0 Å². The molecular formula is C5H8ClNO. The van der Waals surface area contributed by atoms with E-state index in [1.54, 1.807) is 6.07 Å². The molecule has 0 unspecified atom stereocenters. The summed E-state index contributed by atoms with van der Waals surface area (Å²) in [6.45, 7) is 1.86. The highest BCUT2D eigenvalue weighted by atomic mass is 35.5. The molecule has 3 heteroatoms. The Labute approximate surface area is 54.1 Å². The highest BCUT2D eigenvalue weighted by Crippen LogP contribution is 2.05. The highest BCUT2D eigenvalue weighted by molar-refractivity contribution is 5.85. The van der Waals surface area contributed by atoms with Crippen molar-refractivity contribution in [1.29, 1.82) is 0 Å². The number of anilines is 1. The van der Waals surface area contributed by atoms with Gasteiger partial charge >= 0.3 is 0 Å². The molecule has 0 atom stereocenters. The Bertz CT molecular complexity index is 145. The summed E-state index contributed by atoms with van der Waals surface area (Å²) < 4.78 is 4.86. The molecular weight excluding hydrogens is 126 g/mol. The van der Waals surface area contributed by atoms with Crippen LogP contribution in [0.4, 0.5) is 5.88 Å². The van der Waals surface area contributed by atoms with Crippen molar-refractivity contribution in [2.24, 2.45) is 0 Å². The Morgan fingerprint density at radius 2 is 2.12 bits per heavy atom. The van der Waals surface area contributed by atoms with Gasteiger partial charge in [0, 0.05) is 6.07 Å². The fourth-order valence-corrected chi connectivity index (χ4v) is 0.453. The minimum absolute atomic E-state index is 0. The molecule has 0 fully saturated rings. The van der Waals surface area contributed by atoms with Crippen LogP contribution in [0.5, 0.6) is 0 Å². The number of aryl methyl sites for hydroxylation is 1. The summed E-state index contributed by atoms with van der Waals surface area (Å²) in [7, 11) is 0. The van der Waals surface area contributed by atoms with Crippen LogP contribution >= 0.6 is 12.4 Å². The van der Waals surface area contributed by atoms with Crippen LogP contribution in [-0.2, 0) is 0 Å². The third-order valence-corrected chi connectivity index (χ3v) is 0.761. The van der Waals surface area contributed by atoms with E-state index < -0.39 is 0 Å². The van der Waals surface area contributed by atoms with Gasteiger partial charge in [-0.3, -0.25) is 0 Å². The molecule has 0 radical (unpaired) electrons. The molecule has 0 aliphatic carbocycles. The lowest BCUT2D eigenvalue weighted by Gasteiger charge is -1.77. The third kappa shape index (κ3) is 1.46. The summed E-state index contributed by atoms with van der Waals surface area (Å²) in [6.07, 6.45) is 0. The van der Waals surface area contributed by atoms with E-state index in [-0.39, 0.29) is 12.4 Å². The molecule has 1 heterocycles. The van der Waals surface area contributed by atoms with Crippen LogP contribution < -0.4 is 5.73 Å². The lowest BCUT2D eigenvalue weighted by atomic mass is 10.5. The fraction of sp³-hybridized carbons (Fsp3) is 0.200. The maximum Gasteiger partial charge on any atom is 0.190 e. The maximum absolute atomic E-state index is 5.21. The largest absolute Gasteiger partial charge is 0.446 e. The molecule has 1 aromatic rings. The monoisotopic (exact) mass is 133 g/mol. The molecule has 8 heavy (non-hydrogen) atoms. The van der Waals surface area contributed by atoms with Crippen LogP contribution in [0, 0.1) is 6.92 Å². The summed E-state index contributed by atoms with van der Waals surface area (Å²) >= 11 is 0. The topological polar surface area (TPSA) is 39.2 Å². The van der Waals surface area contributed by atoms with Crippen molar-refractivity contribution >= 4 is 18.3 Å². The Balaban J connectivity index is 0.000000490. The predicted octanol–water partition coefficient (Wildman–Crippen LogP) is 1.59. The van der Waals surface area contributed by atoms with E-state index in [0.29, 0.717) is 5.88 Å². The standard InChI is InChI=1S/C5H7NO.ClH/c1-4-2-3-5(6)7-4;/h2-3H,6H2,1H3;1H. The third-order valence-electron chi connectivity index (χ3n) is 0.761. The van der Waals surface area contributed by atoms with E-state index in [4.69, 9.17) is 10.2 Å². The molecule has 46 valence electrons. The lowest BCUT2D eigenvalue weighted by Crippen LogP contribution is -1.75. The quantitative estimate of drug-likeness (QED) is 0.584. The van der Waals surface area contributed by atoms with Crippen molar-refractivity contribution in [2.75, 3.05) is 5.73 Å². The summed E-state index contributed by atoms with van der Waals surface area (Å²) in [4.78, 5) is 0. The molecule has 1 aromatic heterocycles. The molecule has 0 aliphatic rings. The van der Waals surface area contributed by atoms with Gasteiger partial charge in [-0.25, -0.2) is 0 Å². The summed E-state index contributed by atoms with van der Waals surface area (Å²) in [5, 5.41) is 0. The van der Waals surface area contributed by atoms with Gasteiger partial charge in [0.25, 0.3) is 0 Å². The smallest absolute Gasteiger partial charge is 0.190 e. The van der Waals surface area contributed by atoms with Crippen molar-refractivity contribution in [3.05, 3.63) is 17.9 Å². The Morgan fingerprint density at radius 3 is 2.25 bits per heavy atom. The van der Waals surface area contributed by atoms with Crippen LogP contribution in [-0.4, -0.2) is 0 Å². The molecule has 0 bridgehead atoms. The van der Waals surface area contributed by atoms with Crippen molar-refractivity contribution in [2.45, 2.75) is 6.92 Å². The number of hydrogen-bond acceptors (Lipinski definition) is 2. The second-order valence-electron chi connectivity index (χ2n) is 1.45. The van der Waals surface area contributed by atoms with Crippen molar-refractivity contribution in [3.63, 3.8) is 0 Å². The zero-order chi connectivity index (χ0) is 5.28. The molecule has 2 nitrogen and oxygen atoms in total. The van der Waals surface area contributed by atoms with Gasteiger partial charge in [0.05, 0.1) is 0 Å². The summed E-state index contributed by atoms with van der Waals surface area (Å²) in [6, 6.07) is 3.56. The molecule has 2 N–H and O–H groups in total. The molecule has 0 amide bonds. The second kappa shape index (κ2) is 2.62. The summed E-state index contributed by atoms with van der Waals surface area (Å²) in [5.41, 5.74) is 5.21. The Morgan fingerprint density at radius 1 is 1.50 bits per heavy atom. The van der Waals surface area contributed by atoms with Crippen LogP contribution in [0.3, 0.4) is 0 Å². The van der Waals surface area contributed by atoms with E-state index in [1.165, 1.54) is 0 Å². The van der Waals surface area contributed by atoms with Gasteiger partial charge < -0.3 is 10.2 Å². The number of nitrogen functional groups attached to an aromatic ring is 1. The van der Waals surface area contributed by atoms with Crippen LogP contribution in [0.25, 0.3) is 0 Å². The Hall–Kier alpha value is -0.630. The zero-order valence-corrected chi connectivity index (χ0v) is 5.37. The first kappa shape index (κ1) is 7.37. The fourth-order valence-electron chi connectivity index (χ4n) is 0.453. The number of halogens is 1. The minimum atomic E-state index is 0. The first-order valence-electron chi connectivity index (χ1n) is 2.11. The summed E-state index contributed by atoms with van der Waals surface area (Å²) in [5.74, 6) is 1.34. The van der Waals surface area contributed by atoms with Crippen LogP contribution in [0.1, 0.15) is 5.76 Å². The first-order valence-corrected chi connectivity index (χ1v) is 2.11. The van der Waals surface area contributed by atoms with E-state index >= 15 is 0 Å². The molecule has 0 aliphatic heterocycles. The number of rotatable bonds is 0. The molecule has 0 saturated heterocycles. The van der Waals surface area contributed by atoms with Crippen LogP contribution in [0.2, 0.25) is 0 Å². The SMILES string of the molecule is Cc1ccc(N)o1.Cl. The van der Waals surface area contributed by atoms with Gasteiger partial charge in [0.15, 0.2) is 5.88 Å². The normalized spacial score (nSPS) is 8.12. The van der Waals surface area contributed by atoms with Gasteiger partial charge in [0.2, 0.25) is 0 Å². The Kier molecular flexibility index (Phi) is 2.42. The van der Waals surface area contributed by atoms with Gasteiger partial charge in [0.1, 0.15) is 5.76 Å². The lowest BCUT2D eigenvalue weighted by molar-refractivity contribution is 0.553. The number of furan rings is 1. The maximum atomic E-state index is 5.21. The van der Waals surface area contributed by atoms with E-state index in [0.717, 1.165) is 5.76 Å². The highest BCUT2D eigenvalue weighted by Gasteiger charge is 1.86. The second-order valence-corrected chi connectivity index (χ2v) is 1.45. The van der Waals surface area contributed by atoms with Gasteiger partial charge in [-0.15, -0.1) is 12.4 Å². The van der Waals surface area contributed by atoms with Crippen molar-refractivity contribution in [3.8, 4) is 0 Å². The molecule has 1 rings (SSSR count). The molecule has 0 aromatic carbocycles. The zero-order valence-electron chi connectivity index (χ0n) is 4.55. The van der Waals surface area contributed by atoms with Crippen LogP contribution in [0.15, 0.2) is 16.5 Å². The average molecular weight is 134 g/mol. The van der Waals surface area contributed by atoms with Crippen molar-refractivity contribution in [1.82, 2.24) is 0 Å². The first-order chi connectivity index (χ1) is 3.29. The molecule has 0 spiro atoms. The van der Waals surface area contributed by atoms with Gasteiger partial charge in [-0.2, -0.15) is 0 Å². The average Bonchev–Trinajstić information content (AvgIpc) is 1.87. The number of hydrogen-bond donors (Lipinski definition) is 1. The van der Waals surface area contributed by atoms with Gasteiger partial charge in [-0.05, 0) is 13.0 Å². The predicted molar refractivity (Wildman–Crippen MR) is 35.1 cm³/mol. The minimum Gasteiger partial charge on any atom is -0.446 e.